The van der Waals surface area contributed by atoms with Gasteiger partial charge in [0.25, 0.3) is 0 Å². The average molecular weight is 409 g/mol. The number of benzene rings is 1. The molecule has 0 spiro atoms. The van der Waals surface area contributed by atoms with Crippen molar-refractivity contribution in [1.29, 1.82) is 0 Å². The van der Waals surface area contributed by atoms with E-state index >= 15 is 0 Å². The van der Waals surface area contributed by atoms with E-state index in [0.29, 0.717) is 16.7 Å². The van der Waals surface area contributed by atoms with Gasteiger partial charge in [0.05, 0.1) is 0 Å². The van der Waals surface area contributed by atoms with Crippen molar-refractivity contribution in [3.63, 3.8) is 0 Å². The van der Waals surface area contributed by atoms with Crippen LogP contribution in [0.1, 0.15) is 55.3 Å². The first-order chi connectivity index (χ1) is 14.2. The summed E-state index contributed by atoms with van der Waals surface area (Å²) in [6, 6.07) is 4.72. The highest BCUT2D eigenvalue weighted by Gasteiger charge is 2.13. The lowest BCUT2D eigenvalue weighted by Gasteiger charge is -2.19. The number of aromatic nitrogens is 4. The lowest BCUT2D eigenvalue weighted by Crippen LogP contribution is -2.29. The molecule has 0 saturated heterocycles. The van der Waals surface area contributed by atoms with Crippen LogP contribution in [-0.4, -0.2) is 32.6 Å². The van der Waals surface area contributed by atoms with Crippen molar-refractivity contribution >= 4 is 17.0 Å². The van der Waals surface area contributed by atoms with Gasteiger partial charge < -0.3 is 15.6 Å². The van der Waals surface area contributed by atoms with E-state index in [2.05, 4.69) is 71.6 Å². The van der Waals surface area contributed by atoms with Crippen molar-refractivity contribution in [2.75, 3.05) is 18.8 Å². The Bertz CT molecular complexity index is 984. The standard InChI is InChI=1S/C13H22N6.C11H14/c1-9-18-10-11(14)16-8-17-12(10)19(9)6-5-15-7-13(2,3)4;1-8-6-10-4-3-5-11(10)7-9(8)2/h8,15H,5-7H2,1-4H3,(H2,14,16,17);6-7H,3-5H2,1-2H3. The van der Waals surface area contributed by atoms with Crippen LogP contribution in [-0.2, 0) is 19.4 Å². The number of aryl methyl sites for hydroxylation is 5. The van der Waals surface area contributed by atoms with Crippen molar-refractivity contribution in [3.8, 4) is 0 Å². The van der Waals surface area contributed by atoms with E-state index in [9.17, 15) is 0 Å². The first kappa shape index (κ1) is 22.2. The molecule has 4 rings (SSSR count). The van der Waals surface area contributed by atoms with E-state index in [0.717, 1.165) is 31.1 Å². The number of nitrogen functional groups attached to an aromatic ring is 1. The van der Waals surface area contributed by atoms with E-state index in [1.165, 1.54) is 36.7 Å². The zero-order valence-electron chi connectivity index (χ0n) is 19.3. The third kappa shape index (κ3) is 5.36. The average Bonchev–Trinajstić information content (AvgIpc) is 3.24. The maximum Gasteiger partial charge on any atom is 0.165 e. The van der Waals surface area contributed by atoms with Crippen molar-refractivity contribution < 1.29 is 0 Å². The number of nitrogens with zero attached hydrogens (tertiary/aromatic N) is 4. The molecular weight excluding hydrogens is 372 g/mol. The third-order valence-electron chi connectivity index (χ3n) is 5.63. The molecule has 6 nitrogen and oxygen atoms in total. The fraction of sp³-hybridized carbons (Fsp3) is 0.542. The summed E-state index contributed by atoms with van der Waals surface area (Å²) in [6.45, 7) is 15.7. The van der Waals surface area contributed by atoms with Crippen LogP contribution < -0.4 is 11.1 Å². The molecule has 1 aliphatic rings. The molecule has 0 fully saturated rings. The first-order valence-electron chi connectivity index (χ1n) is 10.9. The summed E-state index contributed by atoms with van der Waals surface area (Å²) in [4.78, 5) is 12.7. The molecule has 2 heterocycles. The fourth-order valence-corrected chi connectivity index (χ4v) is 3.86. The number of imidazole rings is 1. The predicted molar refractivity (Wildman–Crippen MR) is 125 cm³/mol. The largest absolute Gasteiger partial charge is 0.382 e. The topological polar surface area (TPSA) is 81.7 Å². The Labute approximate surface area is 180 Å². The Balaban J connectivity index is 0.000000196. The molecule has 0 atom stereocenters. The molecule has 3 N–H and O–H groups in total. The maximum absolute atomic E-state index is 5.81. The lowest BCUT2D eigenvalue weighted by molar-refractivity contribution is 0.376. The number of hydrogen-bond donors (Lipinski definition) is 2. The quantitative estimate of drug-likeness (QED) is 0.634. The van der Waals surface area contributed by atoms with Crippen molar-refractivity contribution in [2.45, 2.75) is 67.3 Å². The zero-order chi connectivity index (χ0) is 21.9. The second-order valence-corrected chi connectivity index (χ2v) is 9.54. The molecule has 1 aliphatic carbocycles. The van der Waals surface area contributed by atoms with Gasteiger partial charge in [-0.1, -0.05) is 32.9 Å². The van der Waals surface area contributed by atoms with Gasteiger partial charge in [0.2, 0.25) is 0 Å². The van der Waals surface area contributed by atoms with E-state index in [1.54, 1.807) is 11.1 Å². The summed E-state index contributed by atoms with van der Waals surface area (Å²) >= 11 is 0. The number of anilines is 1. The molecule has 2 aromatic heterocycles. The molecule has 0 radical (unpaired) electrons. The molecule has 0 saturated carbocycles. The predicted octanol–water partition coefficient (Wildman–Crippen LogP) is 4.14. The molecule has 0 amide bonds. The van der Waals surface area contributed by atoms with E-state index in [1.807, 2.05) is 6.92 Å². The van der Waals surface area contributed by atoms with Gasteiger partial charge in [0.15, 0.2) is 17.0 Å². The summed E-state index contributed by atoms with van der Waals surface area (Å²) in [5.74, 6) is 1.36. The Morgan fingerprint density at radius 2 is 1.67 bits per heavy atom. The Morgan fingerprint density at radius 1 is 1.03 bits per heavy atom. The highest BCUT2D eigenvalue weighted by molar-refractivity contribution is 5.81. The molecule has 1 aromatic carbocycles. The summed E-state index contributed by atoms with van der Waals surface area (Å²) in [5, 5.41) is 3.45. The normalized spacial score (nSPS) is 13.3. The fourth-order valence-electron chi connectivity index (χ4n) is 3.86. The van der Waals surface area contributed by atoms with Crippen LogP contribution in [0.25, 0.3) is 11.2 Å². The van der Waals surface area contributed by atoms with Gasteiger partial charge in [-0.2, -0.15) is 0 Å². The minimum Gasteiger partial charge on any atom is -0.382 e. The van der Waals surface area contributed by atoms with Crippen LogP contribution in [0.4, 0.5) is 5.82 Å². The Hall–Kier alpha value is -2.47. The number of nitrogens with one attached hydrogen (secondary N) is 1. The van der Waals surface area contributed by atoms with Gasteiger partial charge >= 0.3 is 0 Å². The smallest absolute Gasteiger partial charge is 0.165 e. The maximum atomic E-state index is 5.81. The Morgan fingerprint density at radius 3 is 2.27 bits per heavy atom. The van der Waals surface area contributed by atoms with E-state index in [-0.39, 0.29) is 0 Å². The minimum absolute atomic E-state index is 0.290. The van der Waals surface area contributed by atoms with Gasteiger partial charge in [-0.3, -0.25) is 0 Å². The van der Waals surface area contributed by atoms with Crippen LogP contribution in [0.15, 0.2) is 18.5 Å². The highest BCUT2D eigenvalue weighted by Crippen LogP contribution is 2.24. The van der Waals surface area contributed by atoms with Crippen LogP contribution in [0.2, 0.25) is 0 Å². The van der Waals surface area contributed by atoms with Gasteiger partial charge in [0, 0.05) is 19.6 Å². The monoisotopic (exact) mass is 408 g/mol. The van der Waals surface area contributed by atoms with Crippen molar-refractivity contribution in [3.05, 3.63) is 46.5 Å². The van der Waals surface area contributed by atoms with Gasteiger partial charge in [0.1, 0.15) is 12.2 Å². The lowest BCUT2D eigenvalue weighted by atomic mass is 9.97. The summed E-state index contributed by atoms with van der Waals surface area (Å²) in [5.41, 5.74) is 13.7. The second kappa shape index (κ2) is 9.13. The van der Waals surface area contributed by atoms with Crippen LogP contribution in [0.5, 0.6) is 0 Å². The molecule has 3 aromatic rings. The number of hydrogen-bond acceptors (Lipinski definition) is 5. The highest BCUT2D eigenvalue weighted by atomic mass is 15.2. The number of fused-ring (bicyclic) bond motifs is 2. The van der Waals surface area contributed by atoms with Gasteiger partial charge in [-0.15, -0.1) is 0 Å². The summed E-state index contributed by atoms with van der Waals surface area (Å²) in [6.07, 6.45) is 5.45. The minimum atomic E-state index is 0.290. The van der Waals surface area contributed by atoms with Crippen molar-refractivity contribution in [1.82, 2.24) is 24.8 Å². The van der Waals surface area contributed by atoms with Crippen LogP contribution in [0, 0.1) is 26.2 Å². The van der Waals surface area contributed by atoms with Crippen LogP contribution >= 0.6 is 0 Å². The molecule has 0 unspecified atom stereocenters. The van der Waals surface area contributed by atoms with Gasteiger partial charge in [-0.05, 0) is 67.7 Å². The molecular formula is C24H36N6. The van der Waals surface area contributed by atoms with E-state index in [4.69, 9.17) is 5.73 Å². The summed E-state index contributed by atoms with van der Waals surface area (Å²) < 4.78 is 2.07. The van der Waals surface area contributed by atoms with Crippen molar-refractivity contribution in [2.24, 2.45) is 5.41 Å². The molecule has 0 bridgehead atoms. The number of rotatable bonds is 4. The third-order valence-corrected chi connectivity index (χ3v) is 5.63. The Kier molecular flexibility index (Phi) is 6.76. The van der Waals surface area contributed by atoms with E-state index < -0.39 is 0 Å². The second-order valence-electron chi connectivity index (χ2n) is 9.54. The molecule has 162 valence electrons. The number of nitrogens with two attached hydrogens (primary N) is 1. The first-order valence-corrected chi connectivity index (χ1v) is 10.9. The SMILES string of the molecule is Cc1cc2c(cc1C)CCC2.Cc1nc2c(N)ncnc2n1CCNCC(C)(C)C. The zero-order valence-corrected chi connectivity index (χ0v) is 19.3. The molecule has 6 heteroatoms. The van der Waals surface area contributed by atoms with Gasteiger partial charge in [-0.25, -0.2) is 15.0 Å². The summed E-state index contributed by atoms with van der Waals surface area (Å²) in [7, 11) is 0. The molecule has 30 heavy (non-hydrogen) atoms. The molecule has 0 aliphatic heterocycles. The van der Waals surface area contributed by atoms with Crippen LogP contribution in [0.3, 0.4) is 0 Å².